The minimum atomic E-state index is -0.842. The Balaban J connectivity index is 3.37. The number of allylic oxidation sites excluding steroid dienone is 5. The highest BCUT2D eigenvalue weighted by atomic mass is 16.5. The van der Waals surface area contributed by atoms with E-state index in [1.165, 1.54) is 276 Å². The lowest BCUT2D eigenvalue weighted by molar-refractivity contribution is -0.143. The molecule has 0 bridgehead atoms. The van der Waals surface area contributed by atoms with Crippen LogP contribution < -0.4 is 5.32 Å². The molecule has 0 saturated heterocycles. The zero-order valence-corrected chi connectivity index (χ0v) is 48.4. The number of aliphatic hydroxyl groups excluding tert-OH is 2. The maximum absolute atomic E-state index is 12.4. The van der Waals surface area contributed by atoms with Crippen LogP contribution in [0.3, 0.4) is 0 Å². The Bertz CT molecular complexity index is 1170. The van der Waals surface area contributed by atoms with Crippen molar-refractivity contribution < 1.29 is 24.5 Å². The minimum Gasteiger partial charge on any atom is -0.466 e. The normalized spacial score (nSPS) is 12.8. The number of hydrogen-bond donors (Lipinski definition) is 3. The molecule has 0 saturated carbocycles. The van der Waals surface area contributed by atoms with Crippen molar-refractivity contribution in [2.24, 2.45) is 0 Å². The Morgan fingerprint density at radius 2 is 0.653 bits per heavy atom. The lowest BCUT2D eigenvalue weighted by atomic mass is 10.0. The molecular weight excluding hydrogens is 887 g/mol. The largest absolute Gasteiger partial charge is 0.466 e. The molecule has 2 atom stereocenters. The van der Waals surface area contributed by atoms with Gasteiger partial charge in [-0.05, 0) is 83.5 Å². The highest BCUT2D eigenvalue weighted by Gasteiger charge is 2.18. The van der Waals surface area contributed by atoms with Gasteiger partial charge >= 0.3 is 5.97 Å². The monoisotopic (exact) mass is 1010 g/mol. The number of unbranched alkanes of at least 4 members (excludes halogenated alkanes) is 45. The third-order valence-corrected chi connectivity index (χ3v) is 14.9. The Kier molecular flexibility index (Phi) is 60.0. The average molecular weight is 1010 g/mol. The van der Waals surface area contributed by atoms with E-state index in [9.17, 15) is 19.8 Å². The van der Waals surface area contributed by atoms with Gasteiger partial charge in [0.25, 0.3) is 0 Å². The summed E-state index contributed by atoms with van der Waals surface area (Å²) in [6.07, 6.45) is 77.8. The number of amides is 1. The molecule has 1 amide bonds. The third kappa shape index (κ3) is 57.4. The average Bonchev–Trinajstić information content (AvgIpc) is 3.38. The van der Waals surface area contributed by atoms with Crippen LogP contribution in [0.4, 0.5) is 0 Å². The van der Waals surface area contributed by atoms with Crippen molar-refractivity contribution in [3.05, 3.63) is 36.5 Å². The van der Waals surface area contributed by atoms with Crippen LogP contribution in [0.15, 0.2) is 36.5 Å². The predicted molar refractivity (Wildman–Crippen MR) is 315 cm³/mol. The summed E-state index contributed by atoms with van der Waals surface area (Å²) >= 11 is 0. The molecule has 0 heterocycles. The van der Waals surface area contributed by atoms with Gasteiger partial charge in [-0.25, -0.2) is 0 Å². The fourth-order valence-corrected chi connectivity index (χ4v) is 9.92. The second kappa shape index (κ2) is 61.6. The standard InChI is InChI=1S/C66H125NO5/c1-3-5-7-9-11-13-15-16-32-36-40-44-48-52-56-60-66(71)72-61-57-53-49-45-41-37-34-31-29-27-25-23-21-19-17-18-20-22-24-26-28-30-33-35-39-43-47-51-55-59-65(70)67-63(62-68)64(69)58-54-50-46-42-38-14-12-10-8-6-4-2/h16-17,19,32,54,58,63-64,68-69H,3-15,18,20-31,33-53,55-57,59-62H2,1-2H3,(H,67,70)/b19-17-,32-16-,58-54+. The molecule has 0 rings (SSSR count). The number of carbonyl (C=O) groups is 2. The zero-order chi connectivity index (χ0) is 52.2. The molecule has 424 valence electrons. The van der Waals surface area contributed by atoms with E-state index in [1.807, 2.05) is 6.08 Å². The molecule has 0 aliphatic carbocycles. The van der Waals surface area contributed by atoms with E-state index in [1.54, 1.807) is 6.08 Å². The van der Waals surface area contributed by atoms with Crippen molar-refractivity contribution in [3.63, 3.8) is 0 Å². The second-order valence-corrected chi connectivity index (χ2v) is 22.1. The maximum atomic E-state index is 12.4. The number of nitrogens with one attached hydrogen (secondary N) is 1. The summed E-state index contributed by atoms with van der Waals surface area (Å²) in [5.74, 6) is -0.0595. The lowest BCUT2D eigenvalue weighted by Crippen LogP contribution is -2.45. The molecule has 0 aromatic carbocycles. The van der Waals surface area contributed by atoms with Crippen LogP contribution in [0.25, 0.3) is 0 Å². The van der Waals surface area contributed by atoms with Crippen molar-refractivity contribution in [2.75, 3.05) is 13.2 Å². The van der Waals surface area contributed by atoms with Gasteiger partial charge < -0.3 is 20.3 Å². The van der Waals surface area contributed by atoms with Gasteiger partial charge in [0.15, 0.2) is 0 Å². The molecule has 2 unspecified atom stereocenters. The SMILES string of the molecule is CCCCCCCC/C=C\CCCCCCCC(=O)OCCCCCCCCCCCCCC/C=C\CCCCCCCCCCCCCCCC(=O)NC(CO)C(O)/C=C/CCCCCCCCCCC. The summed E-state index contributed by atoms with van der Waals surface area (Å²) in [5.41, 5.74) is 0. The van der Waals surface area contributed by atoms with Crippen molar-refractivity contribution in [2.45, 2.75) is 360 Å². The highest BCUT2D eigenvalue weighted by molar-refractivity contribution is 5.76. The van der Waals surface area contributed by atoms with Crippen LogP contribution in [0.1, 0.15) is 348 Å². The van der Waals surface area contributed by atoms with Crippen molar-refractivity contribution in [1.82, 2.24) is 5.32 Å². The van der Waals surface area contributed by atoms with E-state index in [2.05, 4.69) is 43.5 Å². The Hall–Kier alpha value is -1.92. The highest BCUT2D eigenvalue weighted by Crippen LogP contribution is 2.17. The quantitative estimate of drug-likeness (QED) is 0.0320. The van der Waals surface area contributed by atoms with Crippen LogP contribution in [0, 0.1) is 0 Å². The number of esters is 1. The molecule has 0 aromatic heterocycles. The van der Waals surface area contributed by atoms with Gasteiger partial charge in [-0.15, -0.1) is 0 Å². The number of rotatable bonds is 60. The van der Waals surface area contributed by atoms with Crippen LogP contribution in [-0.4, -0.2) is 47.4 Å². The molecule has 72 heavy (non-hydrogen) atoms. The molecule has 0 spiro atoms. The molecule has 3 N–H and O–H groups in total. The number of aliphatic hydroxyl groups is 2. The van der Waals surface area contributed by atoms with Crippen molar-refractivity contribution in [1.29, 1.82) is 0 Å². The maximum Gasteiger partial charge on any atom is 0.305 e. The molecule has 0 aliphatic heterocycles. The second-order valence-electron chi connectivity index (χ2n) is 22.1. The number of carbonyl (C=O) groups excluding carboxylic acids is 2. The van der Waals surface area contributed by atoms with E-state index in [4.69, 9.17) is 4.74 Å². The Morgan fingerprint density at radius 1 is 0.375 bits per heavy atom. The van der Waals surface area contributed by atoms with Gasteiger partial charge in [-0.3, -0.25) is 9.59 Å². The first-order valence-corrected chi connectivity index (χ1v) is 32.3. The molecule has 0 aliphatic rings. The van der Waals surface area contributed by atoms with E-state index in [-0.39, 0.29) is 18.5 Å². The van der Waals surface area contributed by atoms with Crippen LogP contribution in [0.5, 0.6) is 0 Å². The van der Waals surface area contributed by atoms with E-state index >= 15 is 0 Å². The van der Waals surface area contributed by atoms with Gasteiger partial charge in [0.2, 0.25) is 5.91 Å². The van der Waals surface area contributed by atoms with Gasteiger partial charge in [-0.1, -0.05) is 288 Å². The van der Waals surface area contributed by atoms with Crippen LogP contribution >= 0.6 is 0 Å². The van der Waals surface area contributed by atoms with Crippen LogP contribution in [-0.2, 0) is 14.3 Å². The summed E-state index contributed by atoms with van der Waals surface area (Å²) in [5, 5.41) is 23.0. The topological polar surface area (TPSA) is 95.9 Å². The van der Waals surface area contributed by atoms with Crippen LogP contribution in [0.2, 0.25) is 0 Å². The lowest BCUT2D eigenvalue weighted by Gasteiger charge is -2.20. The summed E-state index contributed by atoms with van der Waals surface area (Å²) in [4.78, 5) is 24.5. The minimum absolute atomic E-state index is 0.00820. The molecule has 0 radical (unpaired) electrons. The van der Waals surface area contributed by atoms with Crippen molar-refractivity contribution >= 4 is 11.9 Å². The number of ether oxygens (including phenoxy) is 1. The third-order valence-electron chi connectivity index (χ3n) is 14.9. The summed E-state index contributed by atoms with van der Waals surface area (Å²) < 4.78 is 5.49. The van der Waals surface area contributed by atoms with Gasteiger partial charge in [0.1, 0.15) is 0 Å². The fraction of sp³-hybridized carbons (Fsp3) is 0.879. The summed E-state index contributed by atoms with van der Waals surface area (Å²) in [6, 6.07) is -0.626. The van der Waals surface area contributed by atoms with Gasteiger partial charge in [0, 0.05) is 12.8 Å². The van der Waals surface area contributed by atoms with Gasteiger partial charge in [0.05, 0.1) is 25.4 Å². The molecule has 6 heteroatoms. The smallest absolute Gasteiger partial charge is 0.305 e. The first-order chi connectivity index (χ1) is 35.5. The molecule has 0 fully saturated rings. The first-order valence-electron chi connectivity index (χ1n) is 32.3. The van der Waals surface area contributed by atoms with Crippen molar-refractivity contribution in [3.8, 4) is 0 Å². The van der Waals surface area contributed by atoms with Gasteiger partial charge in [-0.2, -0.15) is 0 Å². The summed E-state index contributed by atoms with van der Waals surface area (Å²) in [7, 11) is 0. The van der Waals surface area contributed by atoms with E-state index < -0.39 is 12.1 Å². The predicted octanol–water partition coefficient (Wildman–Crippen LogP) is 20.4. The first kappa shape index (κ1) is 70.1. The molecule has 0 aromatic rings. The zero-order valence-electron chi connectivity index (χ0n) is 48.4. The fourth-order valence-electron chi connectivity index (χ4n) is 9.92. The molecular formula is C66H125NO5. The van der Waals surface area contributed by atoms with E-state index in [0.717, 1.165) is 44.9 Å². The molecule has 6 nitrogen and oxygen atoms in total. The van der Waals surface area contributed by atoms with E-state index in [0.29, 0.717) is 19.4 Å². The summed E-state index contributed by atoms with van der Waals surface area (Å²) in [6.45, 7) is 4.90. The Morgan fingerprint density at radius 3 is 0.986 bits per heavy atom. The number of hydrogen-bond acceptors (Lipinski definition) is 5. The Labute approximate surface area is 449 Å².